The first-order chi connectivity index (χ1) is 10.1. The number of pyridine rings is 1. The van der Waals surface area contributed by atoms with Gasteiger partial charge in [0.1, 0.15) is 4.90 Å². The van der Waals surface area contributed by atoms with Gasteiger partial charge in [0.15, 0.2) is 0 Å². The van der Waals surface area contributed by atoms with Gasteiger partial charge in [-0.25, -0.2) is 8.42 Å². The Hall–Kier alpha value is -1.96. The van der Waals surface area contributed by atoms with Gasteiger partial charge in [0.05, 0.1) is 17.2 Å². The molecule has 3 rings (SSSR count). The third-order valence-electron chi connectivity index (χ3n) is 3.07. The minimum Gasteiger partial charge on any atom is -0.391 e. The Kier molecular flexibility index (Phi) is 3.62. The highest BCUT2D eigenvalue weighted by atomic mass is 32.2. The molecule has 0 aliphatic carbocycles. The zero-order chi connectivity index (χ0) is 14.9. The molecule has 0 saturated carbocycles. The van der Waals surface area contributed by atoms with Crippen molar-refractivity contribution < 1.29 is 13.5 Å². The minimum atomic E-state index is -3.73. The summed E-state index contributed by atoms with van der Waals surface area (Å²) in [6.45, 7) is -0.301. The number of sulfonamides is 1. The Morgan fingerprint density at radius 2 is 2.10 bits per heavy atom. The van der Waals surface area contributed by atoms with Crippen LogP contribution in [0.2, 0.25) is 0 Å². The molecule has 21 heavy (non-hydrogen) atoms. The number of aliphatic hydroxyl groups is 1. The zero-order valence-electron chi connectivity index (χ0n) is 10.9. The molecule has 3 aromatic rings. The molecule has 0 aliphatic rings. The van der Waals surface area contributed by atoms with Crippen molar-refractivity contribution in [1.29, 1.82) is 0 Å². The summed E-state index contributed by atoms with van der Waals surface area (Å²) in [6.07, 6.45) is 3.27. The number of aromatic nitrogens is 1. The van der Waals surface area contributed by atoms with Gasteiger partial charge in [0.25, 0.3) is 10.0 Å². The number of rotatable bonds is 4. The fourth-order valence-corrected chi connectivity index (χ4v) is 4.46. The monoisotopic (exact) mass is 320 g/mol. The van der Waals surface area contributed by atoms with Crippen molar-refractivity contribution in [2.24, 2.45) is 0 Å². The van der Waals surface area contributed by atoms with E-state index < -0.39 is 10.0 Å². The van der Waals surface area contributed by atoms with Crippen LogP contribution in [0.1, 0.15) is 4.88 Å². The Bertz CT molecular complexity index is 883. The van der Waals surface area contributed by atoms with Crippen molar-refractivity contribution >= 4 is 37.8 Å². The van der Waals surface area contributed by atoms with E-state index in [-0.39, 0.29) is 11.5 Å². The summed E-state index contributed by atoms with van der Waals surface area (Å²) in [5, 5.41) is 12.5. The van der Waals surface area contributed by atoms with E-state index in [9.17, 15) is 13.5 Å². The predicted octanol–water partition coefficient (Wildman–Crippen LogP) is 2.59. The predicted molar refractivity (Wildman–Crippen MR) is 82.8 cm³/mol. The molecule has 1 aromatic carbocycles. The summed E-state index contributed by atoms with van der Waals surface area (Å²) < 4.78 is 27.5. The third-order valence-corrected chi connectivity index (χ3v) is 5.55. The highest BCUT2D eigenvalue weighted by molar-refractivity contribution is 7.93. The van der Waals surface area contributed by atoms with Gasteiger partial charge in [-0.2, -0.15) is 0 Å². The lowest BCUT2D eigenvalue weighted by Crippen LogP contribution is -2.14. The van der Waals surface area contributed by atoms with E-state index in [2.05, 4.69) is 9.71 Å². The lowest BCUT2D eigenvalue weighted by Gasteiger charge is -2.10. The molecule has 0 spiro atoms. The average Bonchev–Trinajstić information content (AvgIpc) is 2.97. The molecule has 0 fully saturated rings. The minimum absolute atomic E-state index is 0.107. The molecular formula is C14H12N2O3S2. The number of fused-ring (bicyclic) bond motifs is 1. The van der Waals surface area contributed by atoms with Gasteiger partial charge in [-0.1, -0.05) is 12.1 Å². The van der Waals surface area contributed by atoms with E-state index in [1.54, 1.807) is 29.9 Å². The summed E-state index contributed by atoms with van der Waals surface area (Å²) in [7, 11) is -3.73. The van der Waals surface area contributed by atoms with Crippen molar-refractivity contribution in [3.63, 3.8) is 0 Å². The molecule has 2 aromatic heterocycles. The molecule has 0 amide bonds. The number of thiophene rings is 1. The maximum absolute atomic E-state index is 12.5. The van der Waals surface area contributed by atoms with Crippen molar-refractivity contribution in [3.05, 3.63) is 53.0 Å². The van der Waals surface area contributed by atoms with Gasteiger partial charge in [-0.05, 0) is 29.0 Å². The van der Waals surface area contributed by atoms with Crippen LogP contribution in [-0.2, 0) is 16.6 Å². The van der Waals surface area contributed by atoms with E-state index in [4.69, 9.17) is 0 Å². The molecule has 0 bridgehead atoms. The second kappa shape index (κ2) is 5.44. The van der Waals surface area contributed by atoms with E-state index in [1.165, 1.54) is 17.4 Å². The lowest BCUT2D eigenvalue weighted by atomic mass is 10.1. The smallest absolute Gasteiger partial charge is 0.263 e. The first-order valence-corrected chi connectivity index (χ1v) is 8.51. The standard InChI is InChI=1S/C14H12N2O3S2/c17-9-13-14(5-7-20-13)21(18,19)16-12-3-1-2-10-4-6-15-8-11(10)12/h1-8,16-17H,9H2. The summed E-state index contributed by atoms with van der Waals surface area (Å²) in [5.41, 5.74) is 0.468. The van der Waals surface area contributed by atoms with Gasteiger partial charge >= 0.3 is 0 Å². The molecular weight excluding hydrogens is 308 g/mol. The molecule has 108 valence electrons. The van der Waals surface area contributed by atoms with Crippen LogP contribution >= 0.6 is 11.3 Å². The van der Waals surface area contributed by atoms with Crippen LogP contribution in [0.15, 0.2) is 53.0 Å². The first-order valence-electron chi connectivity index (χ1n) is 6.14. The number of hydrogen-bond acceptors (Lipinski definition) is 5. The van der Waals surface area contributed by atoms with Gasteiger partial charge in [0, 0.05) is 17.8 Å². The van der Waals surface area contributed by atoms with Crippen molar-refractivity contribution in [2.45, 2.75) is 11.5 Å². The fraction of sp³-hybridized carbons (Fsp3) is 0.0714. The number of hydrogen-bond donors (Lipinski definition) is 2. The Labute approximate surface area is 125 Å². The number of nitrogens with one attached hydrogen (secondary N) is 1. The molecule has 7 heteroatoms. The molecule has 0 saturated heterocycles. The molecule has 2 N–H and O–H groups in total. The maximum atomic E-state index is 12.5. The van der Waals surface area contributed by atoms with Crippen molar-refractivity contribution in [2.75, 3.05) is 4.72 Å². The van der Waals surface area contributed by atoms with Crippen molar-refractivity contribution in [3.8, 4) is 0 Å². The molecule has 0 atom stereocenters. The summed E-state index contributed by atoms with van der Waals surface area (Å²) in [6, 6.07) is 8.66. The van der Waals surface area contributed by atoms with Crippen LogP contribution in [0.3, 0.4) is 0 Å². The normalized spacial score (nSPS) is 11.7. The fourth-order valence-electron chi connectivity index (χ4n) is 2.09. The number of anilines is 1. The lowest BCUT2D eigenvalue weighted by molar-refractivity contribution is 0.282. The molecule has 2 heterocycles. The van der Waals surface area contributed by atoms with Gasteiger partial charge in [-0.3, -0.25) is 9.71 Å². The van der Waals surface area contributed by atoms with E-state index in [0.29, 0.717) is 10.6 Å². The molecule has 5 nitrogen and oxygen atoms in total. The Morgan fingerprint density at radius 1 is 1.24 bits per heavy atom. The molecule has 0 aliphatic heterocycles. The van der Waals surface area contributed by atoms with E-state index >= 15 is 0 Å². The SMILES string of the molecule is O=S(=O)(Nc1cccc2ccncc12)c1ccsc1CO. The average molecular weight is 320 g/mol. The quantitative estimate of drug-likeness (QED) is 0.774. The third kappa shape index (κ3) is 2.63. The van der Waals surface area contributed by atoms with E-state index in [0.717, 1.165) is 10.8 Å². The number of aliphatic hydroxyl groups excluding tert-OH is 1. The second-order valence-electron chi connectivity index (χ2n) is 4.37. The van der Waals surface area contributed by atoms with Gasteiger partial charge in [-0.15, -0.1) is 11.3 Å². The highest BCUT2D eigenvalue weighted by Crippen LogP contribution is 2.27. The highest BCUT2D eigenvalue weighted by Gasteiger charge is 2.20. The van der Waals surface area contributed by atoms with Crippen LogP contribution in [0.5, 0.6) is 0 Å². The van der Waals surface area contributed by atoms with Gasteiger partial charge in [0.2, 0.25) is 0 Å². The van der Waals surface area contributed by atoms with Crippen LogP contribution in [0, 0.1) is 0 Å². The Morgan fingerprint density at radius 3 is 2.90 bits per heavy atom. The number of benzene rings is 1. The van der Waals surface area contributed by atoms with Crippen LogP contribution in [0.25, 0.3) is 10.8 Å². The Balaban J connectivity index is 2.06. The largest absolute Gasteiger partial charge is 0.391 e. The van der Waals surface area contributed by atoms with Crippen LogP contribution in [-0.4, -0.2) is 18.5 Å². The van der Waals surface area contributed by atoms with Gasteiger partial charge < -0.3 is 5.11 Å². The summed E-state index contributed by atoms with van der Waals surface area (Å²) >= 11 is 1.21. The summed E-state index contributed by atoms with van der Waals surface area (Å²) in [4.78, 5) is 4.55. The van der Waals surface area contributed by atoms with E-state index in [1.807, 2.05) is 12.1 Å². The zero-order valence-corrected chi connectivity index (χ0v) is 12.5. The van der Waals surface area contributed by atoms with Crippen molar-refractivity contribution in [1.82, 2.24) is 4.98 Å². The second-order valence-corrected chi connectivity index (χ2v) is 7.03. The first kappa shape index (κ1) is 14.0. The number of nitrogens with zero attached hydrogens (tertiary/aromatic N) is 1. The van der Waals surface area contributed by atoms with Crippen LogP contribution < -0.4 is 4.72 Å². The molecule has 0 unspecified atom stereocenters. The van der Waals surface area contributed by atoms with Crippen LogP contribution in [0.4, 0.5) is 5.69 Å². The summed E-state index contributed by atoms with van der Waals surface area (Å²) in [5.74, 6) is 0. The molecule has 0 radical (unpaired) electrons. The topological polar surface area (TPSA) is 79.3 Å². The maximum Gasteiger partial charge on any atom is 0.263 e.